The van der Waals surface area contributed by atoms with Crippen LogP contribution in [-0.2, 0) is 9.63 Å². The number of likely N-dealkylation sites (tertiary alicyclic amines) is 1. The molecule has 20 heavy (non-hydrogen) atoms. The molecular formula is C13H16Cl2N2O3. The lowest BCUT2D eigenvalue weighted by Crippen LogP contribution is -2.27. The average molecular weight is 319 g/mol. The Morgan fingerprint density at radius 1 is 1.45 bits per heavy atom. The van der Waals surface area contributed by atoms with Gasteiger partial charge in [-0.15, -0.1) is 0 Å². The van der Waals surface area contributed by atoms with E-state index in [9.17, 15) is 9.90 Å². The number of hydrogen-bond donors (Lipinski definition) is 2. The van der Waals surface area contributed by atoms with E-state index in [0.717, 1.165) is 0 Å². The first-order chi connectivity index (χ1) is 9.54. The molecular weight excluding hydrogens is 303 g/mol. The summed E-state index contributed by atoms with van der Waals surface area (Å²) >= 11 is 12.1. The predicted molar refractivity (Wildman–Crippen MR) is 76.8 cm³/mol. The number of aromatic hydroxyl groups is 1. The van der Waals surface area contributed by atoms with Crippen molar-refractivity contribution >= 4 is 29.1 Å². The van der Waals surface area contributed by atoms with Crippen LogP contribution in [0.5, 0.6) is 5.75 Å². The molecule has 1 saturated heterocycles. The van der Waals surface area contributed by atoms with Crippen LogP contribution in [0, 0.1) is 0 Å². The Hall–Kier alpha value is -1.01. The molecule has 0 spiro atoms. The van der Waals surface area contributed by atoms with Gasteiger partial charge < -0.3 is 14.8 Å². The van der Waals surface area contributed by atoms with Crippen LogP contribution < -0.4 is 5.90 Å². The zero-order chi connectivity index (χ0) is 14.7. The third kappa shape index (κ3) is 3.17. The number of phenols is 1. The highest BCUT2D eigenvalue weighted by atomic mass is 35.5. The quantitative estimate of drug-likeness (QED) is 0.645. The van der Waals surface area contributed by atoms with Crippen LogP contribution in [0.15, 0.2) is 12.1 Å². The maximum atomic E-state index is 12.0. The van der Waals surface area contributed by atoms with Gasteiger partial charge in [0.05, 0.1) is 16.7 Å². The summed E-state index contributed by atoms with van der Waals surface area (Å²) in [4.78, 5) is 18.2. The normalized spacial score (nSPS) is 18.9. The van der Waals surface area contributed by atoms with Gasteiger partial charge in [0.1, 0.15) is 5.75 Å². The first kappa shape index (κ1) is 15.4. The van der Waals surface area contributed by atoms with Crippen molar-refractivity contribution in [1.82, 2.24) is 4.90 Å². The van der Waals surface area contributed by atoms with Crippen molar-refractivity contribution in [2.45, 2.75) is 18.8 Å². The molecule has 0 radical (unpaired) electrons. The Kier molecular flexibility index (Phi) is 5.10. The van der Waals surface area contributed by atoms with Gasteiger partial charge in [-0.2, -0.15) is 0 Å². The molecule has 1 heterocycles. The van der Waals surface area contributed by atoms with Crippen molar-refractivity contribution in [3.63, 3.8) is 0 Å². The minimum Gasteiger partial charge on any atom is -0.508 e. The number of carbonyl (C=O) groups excluding carboxylic acids is 1. The Balaban J connectivity index is 2.12. The van der Waals surface area contributed by atoms with Crippen LogP contribution in [0.25, 0.3) is 0 Å². The van der Waals surface area contributed by atoms with Gasteiger partial charge in [-0.3, -0.25) is 4.79 Å². The van der Waals surface area contributed by atoms with E-state index in [1.165, 1.54) is 12.1 Å². The number of nitrogens with zero attached hydrogens (tertiary/aromatic N) is 1. The second-order valence-corrected chi connectivity index (χ2v) is 5.54. The van der Waals surface area contributed by atoms with Crippen molar-refractivity contribution < 1.29 is 14.7 Å². The van der Waals surface area contributed by atoms with Crippen molar-refractivity contribution in [3.05, 3.63) is 27.7 Å². The van der Waals surface area contributed by atoms with Gasteiger partial charge in [0.15, 0.2) is 0 Å². The minimum absolute atomic E-state index is 0.0301. The number of hydrogen-bond acceptors (Lipinski definition) is 4. The summed E-state index contributed by atoms with van der Waals surface area (Å²) in [5.74, 6) is 4.91. The second-order valence-electron chi connectivity index (χ2n) is 4.76. The van der Waals surface area contributed by atoms with E-state index in [0.29, 0.717) is 48.1 Å². The highest BCUT2D eigenvalue weighted by Gasteiger charge is 2.33. The van der Waals surface area contributed by atoms with Gasteiger partial charge in [-0.1, -0.05) is 23.2 Å². The summed E-state index contributed by atoms with van der Waals surface area (Å²) in [7, 11) is 0. The highest BCUT2D eigenvalue weighted by molar-refractivity contribution is 6.42. The zero-order valence-corrected chi connectivity index (χ0v) is 12.3. The predicted octanol–water partition coefficient (Wildman–Crippen LogP) is 2.30. The number of halogens is 2. The Bertz CT molecular complexity index is 511. The number of rotatable bonds is 5. The average Bonchev–Trinajstić information content (AvgIpc) is 2.76. The van der Waals surface area contributed by atoms with Crippen LogP contribution in [0.3, 0.4) is 0 Å². The van der Waals surface area contributed by atoms with E-state index in [2.05, 4.69) is 4.84 Å². The van der Waals surface area contributed by atoms with Gasteiger partial charge in [-0.25, -0.2) is 5.90 Å². The monoisotopic (exact) mass is 318 g/mol. The maximum absolute atomic E-state index is 12.0. The lowest BCUT2D eigenvalue weighted by Gasteiger charge is -2.17. The number of amides is 1. The summed E-state index contributed by atoms with van der Waals surface area (Å²) in [6.45, 7) is 1.49. The first-order valence-corrected chi connectivity index (χ1v) is 7.06. The topological polar surface area (TPSA) is 75.8 Å². The highest BCUT2D eigenvalue weighted by Crippen LogP contribution is 2.41. The molecule has 1 aliphatic rings. The molecule has 0 bridgehead atoms. The summed E-state index contributed by atoms with van der Waals surface area (Å²) in [6, 6.07) is 3.04. The number of benzene rings is 1. The van der Waals surface area contributed by atoms with E-state index < -0.39 is 0 Å². The third-order valence-electron chi connectivity index (χ3n) is 3.42. The fourth-order valence-electron chi connectivity index (χ4n) is 2.46. The van der Waals surface area contributed by atoms with Crippen molar-refractivity contribution in [1.29, 1.82) is 0 Å². The van der Waals surface area contributed by atoms with Gasteiger partial charge >= 0.3 is 0 Å². The van der Waals surface area contributed by atoms with Crippen LogP contribution in [0.1, 0.15) is 24.3 Å². The molecule has 1 aliphatic heterocycles. The fourth-order valence-corrected chi connectivity index (χ4v) is 2.94. The lowest BCUT2D eigenvalue weighted by atomic mass is 9.97. The van der Waals surface area contributed by atoms with Crippen LogP contribution in [0.4, 0.5) is 0 Å². The molecule has 7 heteroatoms. The molecule has 1 amide bonds. The Labute approximate surface area is 127 Å². The summed E-state index contributed by atoms with van der Waals surface area (Å²) in [5.41, 5.74) is 0.546. The maximum Gasteiger partial charge on any atom is 0.223 e. The van der Waals surface area contributed by atoms with Crippen molar-refractivity contribution in [2.75, 3.05) is 19.7 Å². The molecule has 1 aromatic carbocycles. The summed E-state index contributed by atoms with van der Waals surface area (Å²) in [6.07, 6.45) is 0.987. The van der Waals surface area contributed by atoms with Crippen LogP contribution in [0.2, 0.25) is 10.0 Å². The second kappa shape index (κ2) is 6.63. The van der Waals surface area contributed by atoms with E-state index in [4.69, 9.17) is 29.1 Å². The molecule has 0 saturated carbocycles. The molecule has 2 rings (SSSR count). The first-order valence-electron chi connectivity index (χ1n) is 6.31. The van der Waals surface area contributed by atoms with E-state index in [-0.39, 0.29) is 17.6 Å². The third-order valence-corrected chi connectivity index (χ3v) is 4.24. The van der Waals surface area contributed by atoms with Crippen LogP contribution in [-0.4, -0.2) is 35.6 Å². The van der Waals surface area contributed by atoms with Crippen molar-refractivity contribution in [2.24, 2.45) is 5.90 Å². The van der Waals surface area contributed by atoms with Gasteiger partial charge in [-0.05, 0) is 18.6 Å². The number of phenolic OH excluding ortho intramolecular Hbond substituents is 1. The molecule has 1 atom stereocenters. The standard InChI is InChI=1S/C13H16Cl2N2O3/c14-9-2-3-10(18)12(13(9)15)8-6-11(19)17(7-8)4-1-5-20-16/h2-3,8,18H,1,4-7,16H2. The van der Waals surface area contributed by atoms with Gasteiger partial charge in [0, 0.05) is 31.0 Å². The molecule has 1 fully saturated rings. The fraction of sp³-hybridized carbons (Fsp3) is 0.462. The Morgan fingerprint density at radius 2 is 2.20 bits per heavy atom. The van der Waals surface area contributed by atoms with E-state index >= 15 is 0 Å². The SMILES string of the molecule is NOCCCN1CC(c2c(O)ccc(Cl)c2Cl)CC1=O. The lowest BCUT2D eigenvalue weighted by molar-refractivity contribution is -0.127. The summed E-state index contributed by atoms with van der Waals surface area (Å²) in [5, 5.41) is 10.6. The van der Waals surface area contributed by atoms with Crippen molar-refractivity contribution in [3.8, 4) is 5.75 Å². The molecule has 0 aromatic heterocycles. The van der Waals surface area contributed by atoms with E-state index in [1.54, 1.807) is 4.90 Å². The number of carbonyl (C=O) groups is 1. The largest absolute Gasteiger partial charge is 0.508 e. The molecule has 1 aromatic rings. The molecule has 0 aliphatic carbocycles. The van der Waals surface area contributed by atoms with E-state index in [1.807, 2.05) is 0 Å². The molecule has 3 N–H and O–H groups in total. The molecule has 1 unspecified atom stereocenters. The van der Waals surface area contributed by atoms with Gasteiger partial charge in [0.2, 0.25) is 5.91 Å². The van der Waals surface area contributed by atoms with Crippen LogP contribution >= 0.6 is 23.2 Å². The molecule has 5 nitrogen and oxygen atoms in total. The summed E-state index contributed by atoms with van der Waals surface area (Å²) < 4.78 is 0. The molecule has 110 valence electrons. The zero-order valence-electron chi connectivity index (χ0n) is 10.8. The minimum atomic E-state index is -0.146. The van der Waals surface area contributed by atoms with Gasteiger partial charge in [0.25, 0.3) is 0 Å². The smallest absolute Gasteiger partial charge is 0.223 e. The Morgan fingerprint density at radius 3 is 2.90 bits per heavy atom. The number of nitrogens with two attached hydrogens (primary N) is 1.